The van der Waals surface area contributed by atoms with Crippen LogP contribution in [0, 0.1) is 11.8 Å². The zero-order chi connectivity index (χ0) is 13.8. The molecule has 2 fully saturated rings. The first kappa shape index (κ1) is 14.0. The average molecular weight is 269 g/mol. The van der Waals surface area contributed by atoms with Gasteiger partial charge in [-0.15, -0.1) is 0 Å². The lowest BCUT2D eigenvalue weighted by atomic mass is 9.81. The van der Waals surface area contributed by atoms with Crippen LogP contribution in [0.4, 0.5) is 0 Å². The molecule has 2 aliphatic rings. The fraction of sp³-hybridized carbons (Fsp3) is 0.769. The second-order valence-electron chi connectivity index (χ2n) is 5.08. The van der Waals surface area contributed by atoms with E-state index in [9.17, 15) is 14.4 Å². The Balaban J connectivity index is 1.78. The van der Waals surface area contributed by atoms with Gasteiger partial charge in [0.2, 0.25) is 11.8 Å². The lowest BCUT2D eigenvalue weighted by Crippen LogP contribution is -2.34. The van der Waals surface area contributed by atoms with Gasteiger partial charge in [0.15, 0.2) is 0 Å². The Hall–Kier alpha value is -1.43. The number of carboxylic acid groups (broad SMARTS) is 1. The maximum atomic E-state index is 12.1. The van der Waals surface area contributed by atoms with Gasteiger partial charge in [0.05, 0.1) is 38.0 Å². The second-order valence-corrected chi connectivity index (χ2v) is 5.08. The van der Waals surface area contributed by atoms with Crippen LogP contribution in [0.3, 0.4) is 0 Å². The van der Waals surface area contributed by atoms with Gasteiger partial charge in [0.25, 0.3) is 0 Å². The van der Waals surface area contributed by atoms with Crippen LogP contribution >= 0.6 is 0 Å². The van der Waals surface area contributed by atoms with Gasteiger partial charge < -0.3 is 9.84 Å². The van der Waals surface area contributed by atoms with E-state index in [0.717, 1.165) is 25.7 Å². The lowest BCUT2D eigenvalue weighted by Gasteiger charge is -2.19. The molecule has 1 aliphatic carbocycles. The van der Waals surface area contributed by atoms with Crippen molar-refractivity contribution in [3.8, 4) is 0 Å². The number of aliphatic carboxylic acids is 1. The largest absolute Gasteiger partial charge is 0.481 e. The Morgan fingerprint density at radius 2 is 1.74 bits per heavy atom. The van der Waals surface area contributed by atoms with Gasteiger partial charge in [-0.2, -0.15) is 0 Å². The third-order valence-corrected chi connectivity index (χ3v) is 3.85. The van der Waals surface area contributed by atoms with Crippen molar-refractivity contribution in [1.29, 1.82) is 0 Å². The molecule has 0 spiro atoms. The summed E-state index contributed by atoms with van der Waals surface area (Å²) in [6, 6.07) is 0. The Bertz CT molecular complexity index is 357. The molecule has 0 aromatic carbocycles. The molecule has 1 heterocycles. The molecule has 1 N–H and O–H groups in total. The highest BCUT2D eigenvalue weighted by Crippen LogP contribution is 2.37. The number of nitrogens with zero attached hydrogens (tertiary/aromatic N) is 1. The maximum Gasteiger partial charge on any atom is 0.305 e. The molecule has 1 aliphatic heterocycles. The van der Waals surface area contributed by atoms with Gasteiger partial charge in [-0.3, -0.25) is 19.3 Å². The van der Waals surface area contributed by atoms with Crippen LogP contribution in [0.5, 0.6) is 0 Å². The summed E-state index contributed by atoms with van der Waals surface area (Å²) in [5.74, 6) is -1.31. The lowest BCUT2D eigenvalue weighted by molar-refractivity contribution is -0.142. The highest BCUT2D eigenvalue weighted by atomic mass is 16.5. The van der Waals surface area contributed by atoms with E-state index in [0.29, 0.717) is 0 Å². The van der Waals surface area contributed by atoms with Crippen molar-refractivity contribution in [2.75, 3.05) is 19.8 Å². The van der Waals surface area contributed by atoms with Crippen molar-refractivity contribution in [1.82, 2.24) is 4.90 Å². The number of imide groups is 1. The summed E-state index contributed by atoms with van der Waals surface area (Å²) in [6.07, 6.45) is 3.59. The van der Waals surface area contributed by atoms with Crippen LogP contribution in [0.15, 0.2) is 0 Å². The van der Waals surface area contributed by atoms with Crippen molar-refractivity contribution >= 4 is 17.8 Å². The van der Waals surface area contributed by atoms with Crippen LogP contribution in [-0.2, 0) is 19.1 Å². The first-order valence-electron chi connectivity index (χ1n) is 6.76. The number of fused-ring (bicyclic) bond motifs is 1. The number of carboxylic acids is 1. The predicted molar refractivity (Wildman–Crippen MR) is 65.2 cm³/mol. The van der Waals surface area contributed by atoms with Crippen LogP contribution in [0.1, 0.15) is 32.1 Å². The summed E-state index contributed by atoms with van der Waals surface area (Å²) in [6.45, 7) is 0.562. The topological polar surface area (TPSA) is 83.9 Å². The van der Waals surface area contributed by atoms with Crippen molar-refractivity contribution in [3.63, 3.8) is 0 Å². The molecule has 19 heavy (non-hydrogen) atoms. The number of hydrogen-bond donors (Lipinski definition) is 1. The smallest absolute Gasteiger partial charge is 0.305 e. The standard InChI is InChI=1S/C13H19NO5/c15-11(16)5-7-19-8-6-14-12(17)9-3-1-2-4-10(9)13(14)18/h9-10H,1-8H2,(H,15,16). The number of carbonyl (C=O) groups is 3. The maximum absolute atomic E-state index is 12.1. The van der Waals surface area contributed by atoms with Crippen LogP contribution < -0.4 is 0 Å². The fourth-order valence-corrected chi connectivity index (χ4v) is 2.87. The van der Waals surface area contributed by atoms with Gasteiger partial charge in [-0.25, -0.2) is 0 Å². The Morgan fingerprint density at radius 1 is 1.16 bits per heavy atom. The third-order valence-electron chi connectivity index (χ3n) is 3.85. The van der Waals surface area contributed by atoms with Crippen LogP contribution in [0.2, 0.25) is 0 Å². The van der Waals surface area contributed by atoms with Crippen molar-refractivity contribution in [2.45, 2.75) is 32.1 Å². The number of hydrogen-bond acceptors (Lipinski definition) is 4. The minimum atomic E-state index is -0.917. The molecule has 2 rings (SSSR count). The van der Waals surface area contributed by atoms with E-state index in [2.05, 4.69) is 0 Å². The zero-order valence-corrected chi connectivity index (χ0v) is 10.8. The molecular formula is C13H19NO5. The minimum absolute atomic E-state index is 0.0624. The summed E-state index contributed by atoms with van der Waals surface area (Å²) >= 11 is 0. The van der Waals surface area contributed by atoms with Gasteiger partial charge in [0, 0.05) is 0 Å². The third kappa shape index (κ3) is 3.12. The van der Waals surface area contributed by atoms with Gasteiger partial charge in [-0.1, -0.05) is 12.8 Å². The molecule has 0 aromatic rings. The quantitative estimate of drug-likeness (QED) is 0.565. The monoisotopic (exact) mass is 269 g/mol. The first-order chi connectivity index (χ1) is 9.11. The molecule has 0 radical (unpaired) electrons. The number of rotatable bonds is 6. The highest BCUT2D eigenvalue weighted by Gasteiger charge is 2.47. The molecule has 1 saturated carbocycles. The van der Waals surface area contributed by atoms with E-state index in [1.807, 2.05) is 0 Å². The zero-order valence-electron chi connectivity index (χ0n) is 10.8. The van der Waals surface area contributed by atoms with Crippen LogP contribution in [-0.4, -0.2) is 47.5 Å². The van der Waals surface area contributed by atoms with E-state index in [-0.39, 0.29) is 49.8 Å². The Kier molecular flexibility index (Phi) is 4.52. The van der Waals surface area contributed by atoms with E-state index in [1.54, 1.807) is 0 Å². The summed E-state index contributed by atoms with van der Waals surface area (Å²) in [5.41, 5.74) is 0. The first-order valence-corrected chi connectivity index (χ1v) is 6.76. The minimum Gasteiger partial charge on any atom is -0.481 e. The average Bonchev–Trinajstić information content (AvgIpc) is 2.63. The summed E-state index contributed by atoms with van der Waals surface area (Å²) in [7, 11) is 0. The molecule has 2 atom stereocenters. The molecule has 2 unspecified atom stereocenters. The molecule has 0 aromatic heterocycles. The van der Waals surface area contributed by atoms with Crippen molar-refractivity contribution in [2.24, 2.45) is 11.8 Å². The fourth-order valence-electron chi connectivity index (χ4n) is 2.87. The van der Waals surface area contributed by atoms with Crippen molar-refractivity contribution < 1.29 is 24.2 Å². The number of carbonyl (C=O) groups excluding carboxylic acids is 2. The van der Waals surface area contributed by atoms with Crippen molar-refractivity contribution in [3.05, 3.63) is 0 Å². The Labute approximate surface area is 111 Å². The molecule has 2 amide bonds. The highest BCUT2D eigenvalue weighted by molar-refractivity contribution is 6.05. The molecule has 6 nitrogen and oxygen atoms in total. The molecule has 6 heteroatoms. The molecule has 1 saturated heterocycles. The summed E-state index contributed by atoms with van der Waals surface area (Å²) in [4.78, 5) is 35.7. The number of ether oxygens (including phenoxy) is 1. The van der Waals surface area contributed by atoms with E-state index >= 15 is 0 Å². The molecular weight excluding hydrogens is 250 g/mol. The van der Waals surface area contributed by atoms with E-state index < -0.39 is 5.97 Å². The van der Waals surface area contributed by atoms with E-state index in [4.69, 9.17) is 9.84 Å². The molecule has 0 bridgehead atoms. The van der Waals surface area contributed by atoms with E-state index in [1.165, 1.54) is 4.90 Å². The summed E-state index contributed by atoms with van der Waals surface area (Å²) in [5, 5.41) is 8.45. The molecule has 106 valence electrons. The SMILES string of the molecule is O=C(O)CCOCCN1C(=O)C2CCCCC2C1=O. The second kappa shape index (κ2) is 6.14. The number of likely N-dealkylation sites (tertiary alicyclic amines) is 1. The number of amides is 2. The van der Waals surface area contributed by atoms with Gasteiger partial charge >= 0.3 is 5.97 Å². The van der Waals surface area contributed by atoms with Gasteiger partial charge in [0.1, 0.15) is 0 Å². The predicted octanol–water partition coefficient (Wildman–Crippen LogP) is 0.653. The summed E-state index contributed by atoms with van der Waals surface area (Å²) < 4.78 is 5.13. The normalized spacial score (nSPS) is 26.6. The van der Waals surface area contributed by atoms with Gasteiger partial charge in [-0.05, 0) is 12.8 Å². The Morgan fingerprint density at radius 3 is 2.26 bits per heavy atom. The van der Waals surface area contributed by atoms with Crippen LogP contribution in [0.25, 0.3) is 0 Å².